The third-order valence-electron chi connectivity index (χ3n) is 3.39. The van der Waals surface area contributed by atoms with E-state index in [0.717, 1.165) is 12.0 Å². The minimum Gasteiger partial charge on any atom is -0.497 e. The number of carbonyl (C=O) groups excluding carboxylic acids is 4. The van der Waals surface area contributed by atoms with Gasteiger partial charge in [0.2, 0.25) is 5.91 Å². The summed E-state index contributed by atoms with van der Waals surface area (Å²) < 4.78 is 9.82. The zero-order valence-electron chi connectivity index (χ0n) is 16.1. The number of methoxy groups -OCH3 is 1. The summed E-state index contributed by atoms with van der Waals surface area (Å²) >= 11 is 0. The van der Waals surface area contributed by atoms with Gasteiger partial charge < -0.3 is 20.1 Å². The van der Waals surface area contributed by atoms with Crippen molar-refractivity contribution in [2.45, 2.75) is 26.3 Å². The van der Waals surface area contributed by atoms with Crippen molar-refractivity contribution in [3.63, 3.8) is 0 Å². The third-order valence-corrected chi connectivity index (χ3v) is 3.39. The molecule has 1 rings (SSSR count). The molecule has 28 heavy (non-hydrogen) atoms. The second-order valence-electron chi connectivity index (χ2n) is 5.75. The van der Waals surface area contributed by atoms with E-state index in [1.807, 2.05) is 12.2 Å². The van der Waals surface area contributed by atoms with E-state index in [-0.39, 0.29) is 0 Å². The maximum absolute atomic E-state index is 11.9. The average Bonchev–Trinajstić information content (AvgIpc) is 2.69. The molecule has 0 bridgehead atoms. The summed E-state index contributed by atoms with van der Waals surface area (Å²) in [6.45, 7) is 3.09. The number of imide groups is 1. The number of carbonyl (C=O) groups is 4. The fraction of sp³-hybridized carbons (Fsp3) is 0.368. The van der Waals surface area contributed by atoms with Gasteiger partial charge in [-0.3, -0.25) is 14.9 Å². The van der Waals surface area contributed by atoms with Crippen molar-refractivity contribution in [2.75, 3.05) is 20.3 Å². The van der Waals surface area contributed by atoms with Crippen LogP contribution in [0.25, 0.3) is 6.08 Å². The Kier molecular flexibility index (Phi) is 9.80. The van der Waals surface area contributed by atoms with Gasteiger partial charge in [0, 0.05) is 12.6 Å². The van der Waals surface area contributed by atoms with Crippen molar-refractivity contribution in [1.29, 1.82) is 0 Å². The second-order valence-corrected chi connectivity index (χ2v) is 5.75. The van der Waals surface area contributed by atoms with Crippen LogP contribution in [0.1, 0.15) is 25.8 Å². The molecule has 1 aromatic rings. The van der Waals surface area contributed by atoms with E-state index in [0.29, 0.717) is 12.3 Å². The van der Waals surface area contributed by atoms with E-state index in [1.54, 1.807) is 37.5 Å². The number of amides is 4. The van der Waals surface area contributed by atoms with Gasteiger partial charge in [-0.1, -0.05) is 19.1 Å². The lowest BCUT2D eigenvalue weighted by molar-refractivity contribution is -0.150. The molecule has 1 atom stereocenters. The van der Waals surface area contributed by atoms with Crippen LogP contribution in [0.5, 0.6) is 5.75 Å². The van der Waals surface area contributed by atoms with Gasteiger partial charge in [0.25, 0.3) is 5.91 Å². The molecule has 0 saturated carbocycles. The summed E-state index contributed by atoms with van der Waals surface area (Å²) in [7, 11) is 1.56. The number of benzene rings is 1. The van der Waals surface area contributed by atoms with Gasteiger partial charge in [-0.2, -0.15) is 0 Å². The van der Waals surface area contributed by atoms with Crippen molar-refractivity contribution in [2.24, 2.45) is 0 Å². The van der Waals surface area contributed by atoms with Gasteiger partial charge in [0.1, 0.15) is 11.8 Å². The van der Waals surface area contributed by atoms with Gasteiger partial charge in [-0.25, -0.2) is 9.59 Å². The van der Waals surface area contributed by atoms with Crippen LogP contribution in [0.15, 0.2) is 30.3 Å². The molecule has 3 N–H and O–H groups in total. The van der Waals surface area contributed by atoms with Crippen LogP contribution in [0.4, 0.5) is 4.79 Å². The standard InChI is InChI=1S/C19H25N3O6/c1-4-11-20-19(26)22-17(24)12-28-18(25)13(2)21-16(23)10-7-14-5-8-15(27-3)9-6-14/h5-10,13H,4,11-12H2,1-3H3,(H,21,23)(H2,20,22,24,26)/b10-7+/t13-/m0/s1. The summed E-state index contributed by atoms with van der Waals surface area (Å²) in [6.07, 6.45) is 3.58. The number of rotatable bonds is 9. The SMILES string of the molecule is CCCNC(=O)NC(=O)COC(=O)[C@H](C)NC(=O)/C=C/c1ccc(OC)cc1. The minimum atomic E-state index is -0.963. The quantitative estimate of drug-likeness (QED) is 0.426. The van der Waals surface area contributed by atoms with E-state index < -0.39 is 36.5 Å². The molecular weight excluding hydrogens is 366 g/mol. The van der Waals surface area contributed by atoms with Crippen LogP contribution in [0.2, 0.25) is 0 Å². The maximum atomic E-state index is 11.9. The lowest BCUT2D eigenvalue weighted by atomic mass is 10.2. The van der Waals surface area contributed by atoms with Crippen molar-refractivity contribution in [1.82, 2.24) is 16.0 Å². The lowest BCUT2D eigenvalue weighted by Gasteiger charge is -2.12. The molecule has 152 valence electrons. The van der Waals surface area contributed by atoms with E-state index >= 15 is 0 Å². The first-order valence-electron chi connectivity index (χ1n) is 8.72. The lowest BCUT2D eigenvalue weighted by Crippen LogP contribution is -2.43. The second kappa shape index (κ2) is 12.1. The molecule has 9 heteroatoms. The summed E-state index contributed by atoms with van der Waals surface area (Å²) in [5.41, 5.74) is 0.782. The van der Waals surface area contributed by atoms with E-state index in [2.05, 4.69) is 10.6 Å². The van der Waals surface area contributed by atoms with Gasteiger partial charge in [0.05, 0.1) is 7.11 Å². The van der Waals surface area contributed by atoms with E-state index in [4.69, 9.17) is 9.47 Å². The number of nitrogens with one attached hydrogen (secondary N) is 3. The van der Waals surface area contributed by atoms with Crippen LogP contribution in [-0.2, 0) is 19.1 Å². The first-order valence-corrected chi connectivity index (χ1v) is 8.72. The fourth-order valence-corrected chi connectivity index (χ4v) is 1.91. The summed E-state index contributed by atoms with van der Waals surface area (Å²) in [5.74, 6) is -1.36. The van der Waals surface area contributed by atoms with Crippen LogP contribution in [-0.4, -0.2) is 50.1 Å². The average molecular weight is 391 g/mol. The van der Waals surface area contributed by atoms with Gasteiger partial charge >= 0.3 is 12.0 Å². The minimum absolute atomic E-state index is 0.423. The zero-order chi connectivity index (χ0) is 20.9. The third kappa shape index (κ3) is 8.84. The summed E-state index contributed by atoms with van der Waals surface area (Å²) in [4.78, 5) is 46.5. The molecule has 0 aliphatic carbocycles. The van der Waals surface area contributed by atoms with Gasteiger partial charge in [-0.15, -0.1) is 0 Å². The first kappa shape index (κ1) is 22.7. The Bertz CT molecular complexity index is 715. The molecule has 0 radical (unpaired) electrons. The largest absolute Gasteiger partial charge is 0.497 e. The highest BCUT2D eigenvalue weighted by molar-refractivity contribution is 5.96. The predicted molar refractivity (Wildman–Crippen MR) is 102 cm³/mol. The number of urea groups is 1. The molecule has 0 saturated heterocycles. The maximum Gasteiger partial charge on any atom is 0.328 e. The van der Waals surface area contributed by atoms with E-state index in [1.165, 1.54) is 13.0 Å². The highest BCUT2D eigenvalue weighted by Gasteiger charge is 2.18. The Morgan fingerprint density at radius 2 is 1.82 bits per heavy atom. The molecule has 0 aliphatic rings. The zero-order valence-corrected chi connectivity index (χ0v) is 16.1. The normalized spacial score (nSPS) is 11.4. The highest BCUT2D eigenvalue weighted by Crippen LogP contribution is 2.12. The first-order chi connectivity index (χ1) is 13.3. The number of hydrogen-bond donors (Lipinski definition) is 3. The molecular formula is C19H25N3O6. The summed E-state index contributed by atoms with van der Waals surface area (Å²) in [5, 5.41) is 6.90. The molecule has 0 heterocycles. The molecule has 0 spiro atoms. The molecule has 0 aliphatic heterocycles. The Hall–Kier alpha value is -3.36. The Balaban J connectivity index is 2.37. The Morgan fingerprint density at radius 3 is 2.43 bits per heavy atom. The Labute approximate surface area is 163 Å². The van der Waals surface area contributed by atoms with Crippen LogP contribution >= 0.6 is 0 Å². The van der Waals surface area contributed by atoms with Crippen molar-refractivity contribution in [3.05, 3.63) is 35.9 Å². The smallest absolute Gasteiger partial charge is 0.328 e. The van der Waals surface area contributed by atoms with Crippen molar-refractivity contribution in [3.8, 4) is 5.75 Å². The van der Waals surface area contributed by atoms with Gasteiger partial charge in [0.15, 0.2) is 6.61 Å². The predicted octanol–water partition coefficient (Wildman–Crippen LogP) is 0.992. The molecule has 1 aromatic carbocycles. The van der Waals surface area contributed by atoms with Crippen LogP contribution in [0, 0.1) is 0 Å². The van der Waals surface area contributed by atoms with Gasteiger partial charge in [-0.05, 0) is 37.1 Å². The molecule has 9 nitrogen and oxygen atoms in total. The van der Waals surface area contributed by atoms with E-state index in [9.17, 15) is 19.2 Å². The van der Waals surface area contributed by atoms with Crippen LogP contribution < -0.4 is 20.7 Å². The number of ether oxygens (including phenoxy) is 2. The Morgan fingerprint density at radius 1 is 1.14 bits per heavy atom. The molecule has 0 aromatic heterocycles. The summed E-state index contributed by atoms with van der Waals surface area (Å²) in [6, 6.07) is 5.43. The molecule has 0 fully saturated rings. The fourth-order valence-electron chi connectivity index (χ4n) is 1.91. The van der Waals surface area contributed by atoms with Crippen LogP contribution in [0.3, 0.4) is 0 Å². The number of hydrogen-bond acceptors (Lipinski definition) is 6. The van der Waals surface area contributed by atoms with Crippen molar-refractivity contribution >= 4 is 29.9 Å². The molecule has 0 unspecified atom stereocenters. The van der Waals surface area contributed by atoms with Crippen molar-refractivity contribution < 1.29 is 28.7 Å². The number of esters is 1. The highest BCUT2D eigenvalue weighted by atomic mass is 16.5. The topological polar surface area (TPSA) is 123 Å². The molecule has 4 amide bonds. The monoisotopic (exact) mass is 391 g/mol.